The maximum atomic E-state index is 13.5. The van der Waals surface area contributed by atoms with E-state index in [-0.39, 0.29) is 11.9 Å². The fourth-order valence-electron chi connectivity index (χ4n) is 2.59. The maximum absolute atomic E-state index is 13.5. The molecule has 0 radical (unpaired) electrons. The van der Waals surface area contributed by atoms with Gasteiger partial charge in [0, 0.05) is 6.04 Å². The van der Waals surface area contributed by atoms with Gasteiger partial charge in [0.05, 0.1) is 0 Å². The van der Waals surface area contributed by atoms with Crippen LogP contribution in [0.15, 0.2) is 42.5 Å². The minimum atomic E-state index is -0.158. The Kier molecular flexibility index (Phi) is 5.51. The summed E-state index contributed by atoms with van der Waals surface area (Å²) in [5.41, 5.74) is 4.75. The summed E-state index contributed by atoms with van der Waals surface area (Å²) in [5.74, 6) is -0.158. The summed E-state index contributed by atoms with van der Waals surface area (Å²) >= 11 is 0. The number of nitrogens with one attached hydrogen (secondary N) is 1. The first-order valence-corrected chi connectivity index (χ1v) is 7.65. The first kappa shape index (κ1) is 15.7. The molecule has 0 saturated heterocycles. The topological polar surface area (TPSA) is 12.0 Å². The van der Waals surface area contributed by atoms with Crippen LogP contribution in [-0.4, -0.2) is 6.54 Å². The van der Waals surface area contributed by atoms with Gasteiger partial charge in [-0.2, -0.15) is 0 Å². The molecule has 0 aliphatic heterocycles. The Morgan fingerprint density at radius 1 is 1.10 bits per heavy atom. The van der Waals surface area contributed by atoms with E-state index in [1.807, 2.05) is 13.0 Å². The van der Waals surface area contributed by atoms with Crippen molar-refractivity contribution in [3.63, 3.8) is 0 Å². The van der Waals surface area contributed by atoms with Crippen LogP contribution in [0.25, 0.3) is 0 Å². The first-order valence-electron chi connectivity index (χ1n) is 7.65. The Labute approximate surface area is 127 Å². The average Bonchev–Trinajstić information content (AvgIpc) is 2.47. The molecular weight excluding hydrogens is 261 g/mol. The Hall–Kier alpha value is -1.67. The number of hydrogen-bond donors (Lipinski definition) is 1. The molecular formula is C19H24FN. The predicted molar refractivity (Wildman–Crippen MR) is 87.1 cm³/mol. The van der Waals surface area contributed by atoms with E-state index in [0.29, 0.717) is 0 Å². The molecule has 0 aliphatic rings. The summed E-state index contributed by atoms with van der Waals surface area (Å²) in [4.78, 5) is 0. The van der Waals surface area contributed by atoms with Gasteiger partial charge in [0.25, 0.3) is 0 Å². The summed E-state index contributed by atoms with van der Waals surface area (Å²) in [6.45, 7) is 7.27. The Balaban J connectivity index is 2.25. The SMILES string of the molecule is CCCNC(Cc1cc(F)ccc1C)c1cccc(C)c1. The molecule has 112 valence electrons. The summed E-state index contributed by atoms with van der Waals surface area (Å²) in [7, 11) is 0. The largest absolute Gasteiger partial charge is 0.310 e. The van der Waals surface area contributed by atoms with E-state index in [1.54, 1.807) is 6.07 Å². The van der Waals surface area contributed by atoms with E-state index in [4.69, 9.17) is 0 Å². The Morgan fingerprint density at radius 2 is 1.90 bits per heavy atom. The predicted octanol–water partition coefficient (Wildman–Crippen LogP) is 4.73. The van der Waals surface area contributed by atoms with Crippen molar-refractivity contribution in [2.45, 2.75) is 39.7 Å². The molecule has 0 amide bonds. The van der Waals surface area contributed by atoms with Gasteiger partial charge in [-0.3, -0.25) is 0 Å². The van der Waals surface area contributed by atoms with Gasteiger partial charge in [0.1, 0.15) is 5.82 Å². The van der Waals surface area contributed by atoms with Crippen LogP contribution in [0.1, 0.15) is 41.6 Å². The van der Waals surface area contributed by atoms with Crippen molar-refractivity contribution in [1.29, 1.82) is 0 Å². The zero-order valence-electron chi connectivity index (χ0n) is 13.1. The number of halogens is 1. The Bertz CT molecular complexity index is 592. The maximum Gasteiger partial charge on any atom is 0.123 e. The fourth-order valence-corrected chi connectivity index (χ4v) is 2.59. The fraction of sp³-hybridized carbons (Fsp3) is 0.368. The van der Waals surface area contributed by atoms with Gasteiger partial charge in [-0.05, 0) is 62.1 Å². The summed E-state index contributed by atoms with van der Waals surface area (Å²) in [6.07, 6.45) is 1.90. The molecule has 21 heavy (non-hydrogen) atoms. The van der Waals surface area contributed by atoms with Crippen molar-refractivity contribution in [2.75, 3.05) is 6.54 Å². The van der Waals surface area contributed by atoms with Crippen molar-refractivity contribution >= 4 is 0 Å². The van der Waals surface area contributed by atoms with Crippen LogP contribution >= 0.6 is 0 Å². The lowest BCUT2D eigenvalue weighted by molar-refractivity contribution is 0.526. The lowest BCUT2D eigenvalue weighted by atomic mass is 9.95. The second-order valence-corrected chi connectivity index (χ2v) is 5.70. The van der Waals surface area contributed by atoms with Crippen molar-refractivity contribution < 1.29 is 4.39 Å². The second kappa shape index (κ2) is 7.37. The van der Waals surface area contributed by atoms with Crippen LogP contribution in [0, 0.1) is 19.7 Å². The van der Waals surface area contributed by atoms with Crippen LogP contribution in [0.4, 0.5) is 4.39 Å². The van der Waals surface area contributed by atoms with E-state index in [0.717, 1.165) is 30.5 Å². The van der Waals surface area contributed by atoms with Crippen molar-refractivity contribution in [2.24, 2.45) is 0 Å². The molecule has 2 aromatic carbocycles. The first-order chi connectivity index (χ1) is 10.1. The van der Waals surface area contributed by atoms with Crippen molar-refractivity contribution in [3.05, 3.63) is 70.5 Å². The van der Waals surface area contributed by atoms with Crippen molar-refractivity contribution in [1.82, 2.24) is 5.32 Å². The van der Waals surface area contributed by atoms with E-state index < -0.39 is 0 Å². The molecule has 1 N–H and O–H groups in total. The number of hydrogen-bond acceptors (Lipinski definition) is 1. The van der Waals surface area contributed by atoms with E-state index in [2.05, 4.69) is 43.4 Å². The third kappa shape index (κ3) is 4.40. The van der Waals surface area contributed by atoms with Crippen LogP contribution < -0.4 is 5.32 Å². The highest BCUT2D eigenvalue weighted by Gasteiger charge is 2.13. The standard InChI is InChI=1S/C19H24FN/c1-4-10-21-19(16-7-5-6-14(2)11-16)13-17-12-18(20)9-8-15(17)3/h5-9,11-12,19,21H,4,10,13H2,1-3H3. The number of aryl methyl sites for hydroxylation is 2. The molecule has 2 rings (SSSR count). The molecule has 0 aliphatic carbocycles. The van der Waals surface area contributed by atoms with Crippen LogP contribution in [0.2, 0.25) is 0 Å². The minimum Gasteiger partial charge on any atom is -0.310 e. The molecule has 1 atom stereocenters. The molecule has 0 fully saturated rings. The van der Waals surface area contributed by atoms with Crippen LogP contribution in [0.3, 0.4) is 0 Å². The van der Waals surface area contributed by atoms with Crippen LogP contribution in [0.5, 0.6) is 0 Å². The lowest BCUT2D eigenvalue weighted by Gasteiger charge is -2.21. The smallest absolute Gasteiger partial charge is 0.123 e. The monoisotopic (exact) mass is 285 g/mol. The highest BCUT2D eigenvalue weighted by atomic mass is 19.1. The van der Waals surface area contributed by atoms with E-state index in [9.17, 15) is 4.39 Å². The zero-order chi connectivity index (χ0) is 15.2. The van der Waals surface area contributed by atoms with Gasteiger partial charge in [-0.1, -0.05) is 42.8 Å². The molecule has 0 heterocycles. The molecule has 0 bridgehead atoms. The summed E-state index contributed by atoms with van der Waals surface area (Å²) in [6, 6.07) is 13.8. The molecule has 1 unspecified atom stereocenters. The third-order valence-corrected chi connectivity index (χ3v) is 3.82. The zero-order valence-corrected chi connectivity index (χ0v) is 13.1. The molecule has 2 aromatic rings. The van der Waals surface area contributed by atoms with E-state index in [1.165, 1.54) is 17.2 Å². The van der Waals surface area contributed by atoms with Gasteiger partial charge < -0.3 is 5.32 Å². The van der Waals surface area contributed by atoms with Gasteiger partial charge >= 0.3 is 0 Å². The number of rotatable bonds is 6. The summed E-state index contributed by atoms with van der Waals surface area (Å²) < 4.78 is 13.5. The third-order valence-electron chi connectivity index (χ3n) is 3.82. The lowest BCUT2D eigenvalue weighted by Crippen LogP contribution is -2.24. The minimum absolute atomic E-state index is 0.158. The molecule has 0 saturated carbocycles. The van der Waals surface area contributed by atoms with E-state index >= 15 is 0 Å². The van der Waals surface area contributed by atoms with Crippen LogP contribution in [-0.2, 0) is 6.42 Å². The van der Waals surface area contributed by atoms with Gasteiger partial charge in [0.2, 0.25) is 0 Å². The molecule has 0 aromatic heterocycles. The highest BCUT2D eigenvalue weighted by molar-refractivity contribution is 5.31. The Morgan fingerprint density at radius 3 is 2.62 bits per heavy atom. The number of benzene rings is 2. The quantitative estimate of drug-likeness (QED) is 0.809. The van der Waals surface area contributed by atoms with Gasteiger partial charge in [-0.25, -0.2) is 4.39 Å². The summed E-state index contributed by atoms with van der Waals surface area (Å²) in [5, 5.41) is 3.59. The van der Waals surface area contributed by atoms with Crippen molar-refractivity contribution in [3.8, 4) is 0 Å². The highest BCUT2D eigenvalue weighted by Crippen LogP contribution is 2.22. The molecule has 0 spiro atoms. The average molecular weight is 285 g/mol. The van der Waals surface area contributed by atoms with Gasteiger partial charge in [0.15, 0.2) is 0 Å². The second-order valence-electron chi connectivity index (χ2n) is 5.70. The molecule has 1 nitrogen and oxygen atoms in total. The normalized spacial score (nSPS) is 12.4. The van der Waals surface area contributed by atoms with Gasteiger partial charge in [-0.15, -0.1) is 0 Å². The molecule has 2 heteroatoms.